The van der Waals surface area contributed by atoms with E-state index in [-0.39, 0.29) is 28.8 Å². The SMILES string of the molecule is CC(C)(C(=O)NC1C2CC3CC1CC(C(=O)O)(C3)C2)N1CCN(c2ccc(F)c(Cl)c2)CC1. The van der Waals surface area contributed by atoms with Crippen molar-refractivity contribution < 1.29 is 19.1 Å². The molecule has 4 saturated carbocycles. The molecule has 4 bridgehead atoms. The predicted molar refractivity (Wildman–Crippen MR) is 125 cm³/mol. The second-order valence-electron chi connectivity index (χ2n) is 11.2. The number of halogens is 2. The Morgan fingerprint density at radius 1 is 1.12 bits per heavy atom. The second kappa shape index (κ2) is 8.12. The van der Waals surface area contributed by atoms with Crippen LogP contribution in [0.25, 0.3) is 0 Å². The third kappa shape index (κ3) is 3.91. The minimum absolute atomic E-state index is 0.0302. The van der Waals surface area contributed by atoms with Crippen LogP contribution in [0.3, 0.4) is 0 Å². The van der Waals surface area contributed by atoms with Gasteiger partial charge in [-0.2, -0.15) is 0 Å². The number of aliphatic carboxylic acids is 1. The Kier molecular flexibility index (Phi) is 5.64. The third-order valence-corrected chi connectivity index (χ3v) is 9.21. The van der Waals surface area contributed by atoms with Gasteiger partial charge in [0.2, 0.25) is 5.91 Å². The van der Waals surface area contributed by atoms with Crippen LogP contribution in [0.5, 0.6) is 0 Å². The second-order valence-corrected chi connectivity index (χ2v) is 11.6. The molecule has 1 saturated heterocycles. The van der Waals surface area contributed by atoms with Gasteiger partial charge < -0.3 is 15.3 Å². The largest absolute Gasteiger partial charge is 0.481 e. The molecular formula is C25H33ClFN3O3. The highest BCUT2D eigenvalue weighted by Crippen LogP contribution is 2.60. The number of piperazine rings is 1. The summed E-state index contributed by atoms with van der Waals surface area (Å²) in [4.78, 5) is 29.8. The molecule has 180 valence electrons. The van der Waals surface area contributed by atoms with Gasteiger partial charge in [-0.25, -0.2) is 4.39 Å². The highest BCUT2D eigenvalue weighted by molar-refractivity contribution is 6.31. The summed E-state index contributed by atoms with van der Waals surface area (Å²) in [6, 6.07) is 4.87. The van der Waals surface area contributed by atoms with Crippen molar-refractivity contribution in [2.75, 3.05) is 31.1 Å². The van der Waals surface area contributed by atoms with Crippen LogP contribution in [0.15, 0.2) is 18.2 Å². The van der Waals surface area contributed by atoms with Gasteiger partial charge in [0, 0.05) is 37.9 Å². The number of carboxylic acids is 1. The first kappa shape index (κ1) is 22.9. The molecule has 2 atom stereocenters. The average Bonchev–Trinajstić information content (AvgIpc) is 2.77. The zero-order valence-corrected chi connectivity index (χ0v) is 20.1. The molecule has 6 nitrogen and oxygen atoms in total. The Morgan fingerprint density at radius 3 is 2.33 bits per heavy atom. The van der Waals surface area contributed by atoms with Gasteiger partial charge in [0.25, 0.3) is 0 Å². The van der Waals surface area contributed by atoms with Crippen molar-refractivity contribution in [3.63, 3.8) is 0 Å². The van der Waals surface area contributed by atoms with Crippen molar-refractivity contribution in [2.24, 2.45) is 23.2 Å². The number of hydrogen-bond donors (Lipinski definition) is 2. The molecule has 1 amide bonds. The van der Waals surface area contributed by atoms with Gasteiger partial charge in [-0.15, -0.1) is 0 Å². The molecule has 33 heavy (non-hydrogen) atoms. The first-order valence-corrected chi connectivity index (χ1v) is 12.5. The first-order valence-electron chi connectivity index (χ1n) is 12.1. The summed E-state index contributed by atoms with van der Waals surface area (Å²) >= 11 is 5.95. The highest BCUT2D eigenvalue weighted by atomic mass is 35.5. The van der Waals surface area contributed by atoms with E-state index in [0.29, 0.717) is 18.8 Å². The Hall–Kier alpha value is -1.86. The van der Waals surface area contributed by atoms with Gasteiger partial charge >= 0.3 is 5.97 Å². The fraction of sp³-hybridized carbons (Fsp3) is 0.680. The lowest BCUT2D eigenvalue weighted by molar-refractivity contribution is -0.168. The maximum Gasteiger partial charge on any atom is 0.309 e. The van der Waals surface area contributed by atoms with E-state index >= 15 is 0 Å². The molecule has 0 spiro atoms. The van der Waals surface area contributed by atoms with E-state index in [1.165, 1.54) is 6.07 Å². The molecule has 5 fully saturated rings. The Balaban J connectivity index is 1.22. The number of benzene rings is 1. The van der Waals surface area contributed by atoms with E-state index in [1.54, 1.807) is 12.1 Å². The van der Waals surface area contributed by atoms with Crippen LogP contribution >= 0.6 is 11.6 Å². The summed E-state index contributed by atoms with van der Waals surface area (Å²) in [5.74, 6) is -0.00184. The molecule has 1 aliphatic heterocycles. The third-order valence-electron chi connectivity index (χ3n) is 8.92. The van der Waals surface area contributed by atoms with Gasteiger partial charge in [-0.3, -0.25) is 14.5 Å². The average molecular weight is 478 g/mol. The van der Waals surface area contributed by atoms with E-state index < -0.39 is 22.7 Å². The molecule has 4 aliphatic carbocycles. The number of anilines is 1. The Morgan fingerprint density at radius 2 is 1.76 bits per heavy atom. The molecule has 1 aromatic carbocycles. The maximum absolute atomic E-state index is 13.5. The van der Waals surface area contributed by atoms with Crippen molar-refractivity contribution in [2.45, 2.75) is 57.5 Å². The van der Waals surface area contributed by atoms with E-state index in [1.807, 2.05) is 13.8 Å². The van der Waals surface area contributed by atoms with Crippen LogP contribution in [0.2, 0.25) is 5.02 Å². The van der Waals surface area contributed by atoms with Gasteiger partial charge in [-0.1, -0.05) is 11.6 Å². The molecule has 2 N–H and O–H groups in total. The summed E-state index contributed by atoms with van der Waals surface area (Å²) in [6.45, 7) is 6.85. The number of carboxylic acid groups (broad SMARTS) is 1. The standard InChI is InChI=1S/C25H33ClFN3O3/c1-24(2,30-7-5-29(6-8-30)18-3-4-20(27)19(26)11-18)22(31)28-21-16-9-15-10-17(21)14-25(12-15,13-16)23(32)33/h3-4,11,15-17,21H,5-10,12-14H2,1-2H3,(H,28,31)(H,32,33). The minimum atomic E-state index is -0.661. The molecule has 1 aromatic rings. The summed E-state index contributed by atoms with van der Waals surface area (Å²) in [5.41, 5.74) is -0.331. The van der Waals surface area contributed by atoms with Crippen molar-refractivity contribution in [1.82, 2.24) is 10.2 Å². The number of nitrogens with zero attached hydrogens (tertiary/aromatic N) is 2. The fourth-order valence-corrected chi connectivity index (χ4v) is 7.37. The molecule has 8 heteroatoms. The van der Waals surface area contributed by atoms with Crippen molar-refractivity contribution in [3.05, 3.63) is 29.0 Å². The van der Waals surface area contributed by atoms with Crippen LogP contribution in [0.4, 0.5) is 10.1 Å². The van der Waals surface area contributed by atoms with E-state index in [2.05, 4.69) is 15.1 Å². The van der Waals surface area contributed by atoms with Crippen LogP contribution < -0.4 is 10.2 Å². The molecular weight excluding hydrogens is 445 g/mol. The predicted octanol–water partition coefficient (Wildman–Crippen LogP) is 3.78. The van der Waals surface area contributed by atoms with Crippen LogP contribution in [0.1, 0.15) is 46.0 Å². The number of carbonyl (C=O) groups excluding carboxylic acids is 1. The zero-order valence-electron chi connectivity index (χ0n) is 19.3. The van der Waals surface area contributed by atoms with Gasteiger partial charge in [0.15, 0.2) is 0 Å². The number of carbonyl (C=O) groups is 2. The quantitative estimate of drug-likeness (QED) is 0.675. The first-order chi connectivity index (χ1) is 15.6. The molecule has 0 radical (unpaired) electrons. The number of nitrogens with one attached hydrogen (secondary N) is 1. The monoisotopic (exact) mass is 477 g/mol. The maximum atomic E-state index is 13.5. The van der Waals surface area contributed by atoms with Crippen LogP contribution in [0, 0.1) is 29.0 Å². The van der Waals surface area contributed by atoms with Crippen LogP contribution in [-0.2, 0) is 9.59 Å². The van der Waals surface area contributed by atoms with E-state index in [0.717, 1.165) is 51.1 Å². The fourth-order valence-electron chi connectivity index (χ4n) is 7.20. The lowest BCUT2D eigenvalue weighted by atomic mass is 9.48. The smallest absolute Gasteiger partial charge is 0.309 e. The van der Waals surface area contributed by atoms with E-state index in [4.69, 9.17) is 11.6 Å². The lowest BCUT2D eigenvalue weighted by Gasteiger charge is -2.58. The van der Waals surface area contributed by atoms with Crippen molar-refractivity contribution >= 4 is 29.2 Å². The van der Waals surface area contributed by atoms with Crippen molar-refractivity contribution in [1.29, 1.82) is 0 Å². The summed E-state index contributed by atoms with van der Waals surface area (Å²) in [7, 11) is 0. The van der Waals surface area contributed by atoms with Crippen molar-refractivity contribution in [3.8, 4) is 0 Å². The van der Waals surface area contributed by atoms with E-state index in [9.17, 15) is 19.1 Å². The molecule has 0 aromatic heterocycles. The molecule has 6 rings (SSSR count). The Labute approximate surface area is 199 Å². The number of hydrogen-bond acceptors (Lipinski definition) is 4. The molecule has 5 aliphatic rings. The normalized spacial score (nSPS) is 33.9. The number of rotatable bonds is 5. The minimum Gasteiger partial charge on any atom is -0.481 e. The highest BCUT2D eigenvalue weighted by Gasteiger charge is 2.59. The molecule has 1 heterocycles. The van der Waals surface area contributed by atoms with Crippen LogP contribution in [-0.4, -0.2) is 59.6 Å². The summed E-state index contributed by atoms with van der Waals surface area (Å²) in [6.07, 6.45) is 4.27. The van der Waals surface area contributed by atoms with Gasteiger partial charge in [0.1, 0.15) is 5.82 Å². The molecule has 2 unspecified atom stereocenters. The lowest BCUT2D eigenvalue weighted by Crippen LogP contribution is -2.66. The van der Waals surface area contributed by atoms with Gasteiger partial charge in [-0.05, 0) is 81.9 Å². The topological polar surface area (TPSA) is 72.9 Å². The van der Waals surface area contributed by atoms with Gasteiger partial charge in [0.05, 0.1) is 16.0 Å². The summed E-state index contributed by atoms with van der Waals surface area (Å²) < 4.78 is 13.5. The number of amides is 1. The zero-order chi connectivity index (χ0) is 23.5. The summed E-state index contributed by atoms with van der Waals surface area (Å²) in [5, 5.41) is 13.3. The Bertz CT molecular complexity index is 946.